The molecule has 2 rings (SSSR count). The van der Waals surface area contributed by atoms with Crippen molar-refractivity contribution in [2.24, 2.45) is 0 Å². The zero-order valence-corrected chi connectivity index (χ0v) is 12.9. The molecular formula is C17H14F3NO3. The monoisotopic (exact) mass is 337 g/mol. The highest BCUT2D eigenvalue weighted by Crippen LogP contribution is 2.33. The summed E-state index contributed by atoms with van der Waals surface area (Å²) in [5.74, 6) is -2.08. The molecule has 0 aliphatic heterocycles. The first kappa shape index (κ1) is 17.5. The van der Waals surface area contributed by atoms with E-state index in [2.05, 4.69) is 5.32 Å². The lowest BCUT2D eigenvalue weighted by molar-refractivity contribution is -0.138. The number of amides is 1. The Morgan fingerprint density at radius 2 is 1.67 bits per heavy atom. The third kappa shape index (κ3) is 3.73. The van der Waals surface area contributed by atoms with Crippen molar-refractivity contribution in [1.29, 1.82) is 0 Å². The van der Waals surface area contributed by atoms with E-state index in [0.717, 1.165) is 6.07 Å². The van der Waals surface area contributed by atoms with E-state index in [1.54, 1.807) is 13.0 Å². The van der Waals surface area contributed by atoms with E-state index in [9.17, 15) is 22.8 Å². The molecule has 0 aliphatic rings. The molecule has 126 valence electrons. The van der Waals surface area contributed by atoms with Crippen molar-refractivity contribution < 1.29 is 27.9 Å². The van der Waals surface area contributed by atoms with Gasteiger partial charge < -0.3 is 10.4 Å². The number of carboxylic acid groups (broad SMARTS) is 1. The second-order valence-electron chi connectivity index (χ2n) is 5.34. The molecule has 7 heteroatoms. The van der Waals surface area contributed by atoms with Crippen LogP contribution in [0.3, 0.4) is 0 Å². The first-order chi connectivity index (χ1) is 11.1. The largest absolute Gasteiger partial charge is 0.478 e. The molecule has 4 nitrogen and oxygen atoms in total. The molecule has 24 heavy (non-hydrogen) atoms. The molecule has 0 bridgehead atoms. The van der Waals surface area contributed by atoms with Crippen molar-refractivity contribution in [1.82, 2.24) is 0 Å². The fourth-order valence-corrected chi connectivity index (χ4v) is 2.24. The molecule has 0 atom stereocenters. The van der Waals surface area contributed by atoms with Crippen LogP contribution >= 0.6 is 0 Å². The molecule has 2 N–H and O–H groups in total. The van der Waals surface area contributed by atoms with Crippen LogP contribution in [0, 0.1) is 13.8 Å². The summed E-state index contributed by atoms with van der Waals surface area (Å²) in [6, 6.07) is 7.60. The third-order valence-electron chi connectivity index (χ3n) is 3.45. The predicted molar refractivity (Wildman–Crippen MR) is 82.3 cm³/mol. The molecule has 0 fully saturated rings. The Kier molecular flexibility index (Phi) is 4.64. The quantitative estimate of drug-likeness (QED) is 0.879. The molecule has 0 saturated heterocycles. The van der Waals surface area contributed by atoms with E-state index >= 15 is 0 Å². The van der Waals surface area contributed by atoms with Crippen LogP contribution in [0.2, 0.25) is 0 Å². The Morgan fingerprint density at radius 3 is 2.25 bits per heavy atom. The number of anilines is 1. The van der Waals surface area contributed by atoms with Gasteiger partial charge in [0.2, 0.25) is 0 Å². The minimum atomic E-state index is -4.54. The van der Waals surface area contributed by atoms with Crippen molar-refractivity contribution in [3.8, 4) is 0 Å². The Labute approximate surface area is 135 Å². The van der Waals surface area contributed by atoms with Gasteiger partial charge >= 0.3 is 12.1 Å². The standard InChI is InChI=1S/C17H14F3NO3/c1-9-3-6-12(13(7-9)16(23)24)15(22)21-11-5-4-10(2)14(8-11)17(18,19)20/h3-8H,1-2H3,(H,21,22)(H,23,24). The number of hydrogen-bond acceptors (Lipinski definition) is 2. The molecular weight excluding hydrogens is 323 g/mol. The summed E-state index contributed by atoms with van der Waals surface area (Å²) in [6.07, 6.45) is -4.54. The van der Waals surface area contributed by atoms with Gasteiger partial charge in [0, 0.05) is 5.69 Å². The number of aryl methyl sites for hydroxylation is 2. The molecule has 0 unspecified atom stereocenters. The topological polar surface area (TPSA) is 66.4 Å². The van der Waals surface area contributed by atoms with Crippen LogP contribution in [0.15, 0.2) is 36.4 Å². The molecule has 0 saturated carbocycles. The maximum atomic E-state index is 12.9. The molecule has 0 spiro atoms. The van der Waals surface area contributed by atoms with Crippen LogP contribution in [0.5, 0.6) is 0 Å². The minimum absolute atomic E-state index is 0.0297. The van der Waals surface area contributed by atoms with Crippen molar-refractivity contribution in [3.63, 3.8) is 0 Å². The average Bonchev–Trinajstić information content (AvgIpc) is 2.47. The van der Waals surface area contributed by atoms with Crippen LogP contribution in [0.4, 0.5) is 18.9 Å². The molecule has 1 amide bonds. The summed E-state index contributed by atoms with van der Waals surface area (Å²) in [7, 11) is 0. The van der Waals surface area contributed by atoms with E-state index in [1.165, 1.54) is 31.2 Å². The van der Waals surface area contributed by atoms with Gasteiger partial charge in [0.25, 0.3) is 5.91 Å². The third-order valence-corrected chi connectivity index (χ3v) is 3.45. The number of nitrogens with one attached hydrogen (secondary N) is 1. The second-order valence-corrected chi connectivity index (χ2v) is 5.34. The smallest absolute Gasteiger partial charge is 0.416 e. The fourth-order valence-electron chi connectivity index (χ4n) is 2.24. The van der Waals surface area contributed by atoms with Crippen molar-refractivity contribution in [2.45, 2.75) is 20.0 Å². The normalized spacial score (nSPS) is 11.2. The number of carboxylic acids is 1. The van der Waals surface area contributed by atoms with Gasteiger partial charge in [-0.1, -0.05) is 17.7 Å². The average molecular weight is 337 g/mol. The van der Waals surface area contributed by atoms with Crippen molar-refractivity contribution >= 4 is 17.6 Å². The minimum Gasteiger partial charge on any atom is -0.478 e. The molecule has 2 aromatic carbocycles. The van der Waals surface area contributed by atoms with Gasteiger partial charge in [-0.15, -0.1) is 0 Å². The summed E-state index contributed by atoms with van der Waals surface area (Å²) < 4.78 is 38.7. The number of rotatable bonds is 3. The molecule has 0 radical (unpaired) electrons. The van der Waals surface area contributed by atoms with Crippen LogP contribution in [-0.2, 0) is 6.18 Å². The zero-order chi connectivity index (χ0) is 18.1. The van der Waals surface area contributed by atoms with Gasteiger partial charge in [0.15, 0.2) is 0 Å². The van der Waals surface area contributed by atoms with Gasteiger partial charge in [-0.25, -0.2) is 4.79 Å². The molecule has 2 aromatic rings. The number of carbonyl (C=O) groups excluding carboxylic acids is 1. The van der Waals surface area contributed by atoms with E-state index in [0.29, 0.717) is 5.56 Å². The van der Waals surface area contributed by atoms with Crippen molar-refractivity contribution in [3.05, 3.63) is 64.2 Å². The Bertz CT molecular complexity index is 813. The number of alkyl halides is 3. The van der Waals surface area contributed by atoms with E-state index in [1.807, 2.05) is 0 Å². The van der Waals surface area contributed by atoms with Gasteiger partial charge in [-0.2, -0.15) is 13.2 Å². The van der Waals surface area contributed by atoms with E-state index in [-0.39, 0.29) is 22.4 Å². The maximum absolute atomic E-state index is 12.9. The highest BCUT2D eigenvalue weighted by molar-refractivity contribution is 6.10. The maximum Gasteiger partial charge on any atom is 0.416 e. The summed E-state index contributed by atoms with van der Waals surface area (Å²) in [5.41, 5.74) is -0.573. The molecule has 0 aromatic heterocycles. The molecule has 0 heterocycles. The van der Waals surface area contributed by atoms with Gasteiger partial charge in [-0.3, -0.25) is 4.79 Å². The summed E-state index contributed by atoms with van der Waals surface area (Å²) >= 11 is 0. The lowest BCUT2D eigenvalue weighted by Gasteiger charge is -2.13. The summed E-state index contributed by atoms with van der Waals surface area (Å²) in [5, 5.41) is 11.5. The van der Waals surface area contributed by atoms with Gasteiger partial charge in [0.1, 0.15) is 0 Å². The SMILES string of the molecule is Cc1ccc(C(=O)Nc2ccc(C)c(C(F)(F)F)c2)c(C(=O)O)c1. The Hall–Kier alpha value is -2.83. The summed E-state index contributed by atoms with van der Waals surface area (Å²) in [6.45, 7) is 2.99. The number of halogens is 3. The highest BCUT2D eigenvalue weighted by atomic mass is 19.4. The highest BCUT2D eigenvalue weighted by Gasteiger charge is 2.32. The van der Waals surface area contributed by atoms with Crippen LogP contribution in [0.1, 0.15) is 37.4 Å². The van der Waals surface area contributed by atoms with E-state index < -0.39 is 23.6 Å². The lowest BCUT2D eigenvalue weighted by atomic mass is 10.0. The molecule has 0 aliphatic carbocycles. The Morgan fingerprint density at radius 1 is 1.00 bits per heavy atom. The lowest BCUT2D eigenvalue weighted by Crippen LogP contribution is -2.17. The van der Waals surface area contributed by atoms with Gasteiger partial charge in [-0.05, 0) is 43.7 Å². The van der Waals surface area contributed by atoms with Crippen molar-refractivity contribution in [2.75, 3.05) is 5.32 Å². The number of benzene rings is 2. The van der Waals surface area contributed by atoms with Crippen LogP contribution in [0.25, 0.3) is 0 Å². The van der Waals surface area contributed by atoms with E-state index in [4.69, 9.17) is 5.11 Å². The Balaban J connectivity index is 2.36. The number of carbonyl (C=O) groups is 2. The van der Waals surface area contributed by atoms with Crippen LogP contribution < -0.4 is 5.32 Å². The number of aromatic carboxylic acids is 1. The van der Waals surface area contributed by atoms with Gasteiger partial charge in [0.05, 0.1) is 16.7 Å². The second kappa shape index (κ2) is 6.35. The first-order valence-corrected chi connectivity index (χ1v) is 6.92. The summed E-state index contributed by atoms with van der Waals surface area (Å²) in [4.78, 5) is 23.5. The fraction of sp³-hybridized carbons (Fsp3) is 0.176. The number of hydrogen-bond donors (Lipinski definition) is 2. The first-order valence-electron chi connectivity index (χ1n) is 6.92. The predicted octanol–water partition coefficient (Wildman–Crippen LogP) is 4.27. The van der Waals surface area contributed by atoms with Crippen LogP contribution in [-0.4, -0.2) is 17.0 Å². The zero-order valence-electron chi connectivity index (χ0n) is 12.9.